The maximum Gasteiger partial charge on any atom is 0.392 e. The van der Waals surface area contributed by atoms with Gasteiger partial charge < -0.3 is 5.11 Å². The van der Waals surface area contributed by atoms with Gasteiger partial charge in [-0.3, -0.25) is 10.1 Å². The molecule has 0 spiro atoms. The van der Waals surface area contributed by atoms with E-state index >= 15 is 0 Å². The van der Waals surface area contributed by atoms with Crippen LogP contribution in [-0.4, -0.2) is 28.4 Å². The molecule has 3 unspecified atom stereocenters. The molecule has 0 aromatic rings. The number of hydrogen-bond donors (Lipinski definition) is 1. The Morgan fingerprint density at radius 1 is 1.29 bits per heavy atom. The molecular formula is C7H10F3NO3. The standard InChI is InChI=1S/C7H10F3NO3/c8-7(9,10)4-1-5(11(13)14)3-6(12)2-4/h4-6,12H,1-3H2. The van der Waals surface area contributed by atoms with Crippen molar-refractivity contribution in [1.29, 1.82) is 0 Å². The average Bonchev–Trinajstić information content (AvgIpc) is 2.01. The van der Waals surface area contributed by atoms with Crippen molar-refractivity contribution in [2.75, 3.05) is 0 Å². The van der Waals surface area contributed by atoms with Crippen molar-refractivity contribution in [3.63, 3.8) is 0 Å². The molecule has 1 rings (SSSR count). The van der Waals surface area contributed by atoms with Crippen LogP contribution in [0, 0.1) is 16.0 Å². The minimum absolute atomic E-state index is 0.181. The van der Waals surface area contributed by atoms with E-state index in [0.29, 0.717) is 0 Å². The summed E-state index contributed by atoms with van der Waals surface area (Å²) in [6.07, 6.45) is -6.79. The van der Waals surface area contributed by atoms with Gasteiger partial charge in [0.1, 0.15) is 0 Å². The lowest BCUT2D eigenvalue weighted by atomic mass is 9.84. The molecule has 1 aliphatic carbocycles. The molecule has 0 amide bonds. The van der Waals surface area contributed by atoms with E-state index in [1.807, 2.05) is 0 Å². The Morgan fingerprint density at radius 3 is 2.29 bits per heavy atom. The first-order valence-corrected chi connectivity index (χ1v) is 4.19. The number of alkyl halides is 3. The van der Waals surface area contributed by atoms with Gasteiger partial charge in [0.05, 0.1) is 12.0 Å². The van der Waals surface area contributed by atoms with Crippen LogP contribution in [0.1, 0.15) is 19.3 Å². The number of rotatable bonds is 1. The van der Waals surface area contributed by atoms with Crippen LogP contribution in [-0.2, 0) is 0 Å². The minimum atomic E-state index is -4.45. The normalized spacial score (nSPS) is 34.1. The van der Waals surface area contributed by atoms with E-state index in [-0.39, 0.29) is 6.42 Å². The second-order valence-corrected chi connectivity index (χ2v) is 3.54. The Hall–Kier alpha value is -0.850. The zero-order valence-corrected chi connectivity index (χ0v) is 7.20. The summed E-state index contributed by atoms with van der Waals surface area (Å²) in [5.41, 5.74) is 0. The minimum Gasteiger partial charge on any atom is -0.393 e. The van der Waals surface area contributed by atoms with Crippen LogP contribution < -0.4 is 0 Å². The summed E-state index contributed by atoms with van der Waals surface area (Å²) in [6.45, 7) is 0. The molecule has 0 bridgehead atoms. The van der Waals surface area contributed by atoms with Crippen LogP contribution in [0.5, 0.6) is 0 Å². The number of aliphatic hydroxyl groups is 1. The molecule has 1 N–H and O–H groups in total. The van der Waals surface area contributed by atoms with Crippen LogP contribution in [0.3, 0.4) is 0 Å². The fourth-order valence-electron chi connectivity index (χ4n) is 1.70. The van der Waals surface area contributed by atoms with E-state index in [1.165, 1.54) is 0 Å². The summed E-state index contributed by atoms with van der Waals surface area (Å²) in [5.74, 6) is -1.75. The van der Waals surface area contributed by atoms with Crippen molar-refractivity contribution < 1.29 is 23.2 Å². The smallest absolute Gasteiger partial charge is 0.392 e. The van der Waals surface area contributed by atoms with Gasteiger partial charge in [0.15, 0.2) is 0 Å². The third-order valence-electron chi connectivity index (χ3n) is 2.42. The van der Waals surface area contributed by atoms with Crippen LogP contribution in [0.25, 0.3) is 0 Å². The van der Waals surface area contributed by atoms with Gasteiger partial charge in [-0.1, -0.05) is 0 Å². The molecule has 3 atom stereocenters. The molecule has 1 saturated carbocycles. The van der Waals surface area contributed by atoms with Gasteiger partial charge in [-0.2, -0.15) is 13.2 Å². The summed E-state index contributed by atoms with van der Waals surface area (Å²) >= 11 is 0. The van der Waals surface area contributed by atoms with Crippen LogP contribution in [0.2, 0.25) is 0 Å². The number of nitro groups is 1. The van der Waals surface area contributed by atoms with Gasteiger partial charge >= 0.3 is 6.18 Å². The van der Waals surface area contributed by atoms with Gasteiger partial charge in [0.2, 0.25) is 6.04 Å². The Bertz CT molecular complexity index is 231. The third-order valence-corrected chi connectivity index (χ3v) is 2.42. The van der Waals surface area contributed by atoms with Gasteiger partial charge in [0.25, 0.3) is 0 Å². The molecule has 4 nitrogen and oxygen atoms in total. The van der Waals surface area contributed by atoms with Crippen molar-refractivity contribution in [1.82, 2.24) is 0 Å². The van der Waals surface area contributed by atoms with E-state index in [2.05, 4.69) is 0 Å². The monoisotopic (exact) mass is 213 g/mol. The summed E-state index contributed by atoms with van der Waals surface area (Å²) in [7, 11) is 0. The Kier molecular flexibility index (Phi) is 2.98. The van der Waals surface area contributed by atoms with E-state index < -0.39 is 42.0 Å². The molecule has 0 aromatic carbocycles. The first-order valence-electron chi connectivity index (χ1n) is 4.19. The van der Waals surface area contributed by atoms with Crippen LogP contribution in [0.15, 0.2) is 0 Å². The largest absolute Gasteiger partial charge is 0.393 e. The summed E-state index contributed by atoms with van der Waals surface area (Å²) in [5, 5.41) is 19.4. The molecule has 0 radical (unpaired) electrons. The van der Waals surface area contributed by atoms with Crippen molar-refractivity contribution in [2.24, 2.45) is 5.92 Å². The molecule has 1 fully saturated rings. The highest BCUT2D eigenvalue weighted by Crippen LogP contribution is 2.38. The SMILES string of the molecule is O=[N+]([O-])C1CC(O)CC(C(F)(F)F)C1. The Balaban J connectivity index is 2.68. The first kappa shape index (κ1) is 11.2. The summed E-state index contributed by atoms with van der Waals surface area (Å²) in [6, 6.07) is -1.27. The van der Waals surface area contributed by atoms with Crippen LogP contribution >= 0.6 is 0 Å². The van der Waals surface area contributed by atoms with Gasteiger partial charge in [-0.05, 0) is 6.42 Å². The predicted octanol–water partition coefficient (Wildman–Crippen LogP) is 1.35. The van der Waals surface area contributed by atoms with E-state index in [1.54, 1.807) is 0 Å². The maximum atomic E-state index is 12.2. The highest BCUT2D eigenvalue weighted by Gasteiger charge is 2.47. The molecule has 0 aliphatic heterocycles. The van der Waals surface area contributed by atoms with Crippen molar-refractivity contribution in [3.8, 4) is 0 Å². The quantitative estimate of drug-likeness (QED) is 0.528. The topological polar surface area (TPSA) is 63.4 Å². The summed E-state index contributed by atoms with van der Waals surface area (Å²) in [4.78, 5) is 9.55. The number of halogens is 3. The second kappa shape index (κ2) is 3.72. The van der Waals surface area contributed by atoms with Crippen molar-refractivity contribution in [3.05, 3.63) is 10.1 Å². The second-order valence-electron chi connectivity index (χ2n) is 3.54. The molecule has 0 saturated heterocycles. The van der Waals surface area contributed by atoms with Gasteiger partial charge in [-0.25, -0.2) is 0 Å². The van der Waals surface area contributed by atoms with Crippen LogP contribution in [0.4, 0.5) is 13.2 Å². The van der Waals surface area contributed by atoms with Crippen molar-refractivity contribution >= 4 is 0 Å². The fourth-order valence-corrected chi connectivity index (χ4v) is 1.70. The van der Waals surface area contributed by atoms with E-state index in [4.69, 9.17) is 5.11 Å². The zero-order chi connectivity index (χ0) is 10.9. The van der Waals surface area contributed by atoms with Gasteiger partial charge in [-0.15, -0.1) is 0 Å². The lowest BCUT2D eigenvalue weighted by Crippen LogP contribution is -2.40. The number of aliphatic hydroxyl groups excluding tert-OH is 1. The summed E-state index contributed by atoms with van der Waals surface area (Å²) < 4.78 is 36.7. The highest BCUT2D eigenvalue weighted by atomic mass is 19.4. The average molecular weight is 213 g/mol. The highest BCUT2D eigenvalue weighted by molar-refractivity contribution is 4.82. The van der Waals surface area contributed by atoms with E-state index in [9.17, 15) is 23.3 Å². The molecule has 0 aromatic heterocycles. The third kappa shape index (κ3) is 2.57. The lowest BCUT2D eigenvalue weighted by Gasteiger charge is -2.29. The molecule has 14 heavy (non-hydrogen) atoms. The molecule has 0 heterocycles. The lowest BCUT2D eigenvalue weighted by molar-refractivity contribution is -0.532. The number of hydrogen-bond acceptors (Lipinski definition) is 3. The number of nitrogens with zero attached hydrogens (tertiary/aromatic N) is 1. The van der Waals surface area contributed by atoms with Crippen molar-refractivity contribution in [2.45, 2.75) is 37.6 Å². The maximum absolute atomic E-state index is 12.2. The first-order chi connectivity index (χ1) is 6.30. The molecule has 1 aliphatic rings. The Morgan fingerprint density at radius 2 is 1.86 bits per heavy atom. The predicted molar refractivity (Wildman–Crippen MR) is 40.2 cm³/mol. The van der Waals surface area contributed by atoms with E-state index in [0.717, 1.165) is 0 Å². The zero-order valence-electron chi connectivity index (χ0n) is 7.20. The molecule has 7 heteroatoms. The molecule has 82 valence electrons. The fraction of sp³-hybridized carbons (Fsp3) is 1.00. The van der Waals surface area contributed by atoms with Gasteiger partial charge in [0, 0.05) is 17.8 Å². The molecular weight excluding hydrogens is 203 g/mol. The Labute approximate surface area is 77.9 Å².